The molecule has 0 bridgehead atoms. The van der Waals surface area contributed by atoms with Crippen LogP contribution in [0.4, 0.5) is 11.9 Å². The molecule has 0 spiro atoms. The highest BCUT2D eigenvalue weighted by Gasteiger charge is 2.12. The van der Waals surface area contributed by atoms with Crippen molar-refractivity contribution in [2.24, 2.45) is 0 Å². The first-order chi connectivity index (χ1) is 7.16. The van der Waals surface area contributed by atoms with E-state index in [1.807, 2.05) is 19.2 Å². The van der Waals surface area contributed by atoms with Crippen LogP contribution in [0.2, 0.25) is 0 Å². The zero-order valence-corrected chi connectivity index (χ0v) is 8.20. The molecule has 0 aliphatic heterocycles. The van der Waals surface area contributed by atoms with Gasteiger partial charge < -0.3 is 11.5 Å². The van der Waals surface area contributed by atoms with Crippen LogP contribution in [-0.4, -0.2) is 24.7 Å². The van der Waals surface area contributed by atoms with E-state index in [1.165, 1.54) is 0 Å². The van der Waals surface area contributed by atoms with Crippen molar-refractivity contribution in [3.05, 3.63) is 24.3 Å². The molecule has 0 radical (unpaired) electrons. The van der Waals surface area contributed by atoms with Gasteiger partial charge in [-0.1, -0.05) is 0 Å². The number of nitrogens with two attached hydrogens (primary N) is 2. The fourth-order valence-electron chi connectivity index (χ4n) is 1.24. The van der Waals surface area contributed by atoms with Crippen molar-refractivity contribution in [3.8, 4) is 0 Å². The quantitative estimate of drug-likeness (QED) is 0.705. The lowest BCUT2D eigenvalue weighted by Crippen LogP contribution is -2.14. The number of nitrogens with zero attached hydrogens (tertiary/aromatic N) is 5. The first kappa shape index (κ1) is 9.38. The molecular formula is C8H11N7. The molecule has 1 atom stereocenters. The van der Waals surface area contributed by atoms with E-state index >= 15 is 0 Å². The van der Waals surface area contributed by atoms with E-state index in [9.17, 15) is 0 Å². The summed E-state index contributed by atoms with van der Waals surface area (Å²) >= 11 is 0. The van der Waals surface area contributed by atoms with Crippen molar-refractivity contribution in [1.29, 1.82) is 0 Å². The lowest BCUT2D eigenvalue weighted by Gasteiger charge is -2.10. The summed E-state index contributed by atoms with van der Waals surface area (Å²) in [6, 6.07) is 1.71. The average molecular weight is 205 g/mol. The number of aromatic nitrogens is 5. The highest BCUT2D eigenvalue weighted by molar-refractivity contribution is 5.26. The molecule has 1 unspecified atom stereocenters. The molecule has 15 heavy (non-hydrogen) atoms. The van der Waals surface area contributed by atoms with E-state index in [-0.39, 0.29) is 17.9 Å². The number of anilines is 2. The van der Waals surface area contributed by atoms with Crippen molar-refractivity contribution in [2.45, 2.75) is 13.0 Å². The molecule has 2 aromatic rings. The third-order valence-electron chi connectivity index (χ3n) is 1.98. The Kier molecular flexibility index (Phi) is 2.20. The minimum absolute atomic E-state index is 0.118. The van der Waals surface area contributed by atoms with Crippen LogP contribution < -0.4 is 11.5 Å². The van der Waals surface area contributed by atoms with E-state index in [4.69, 9.17) is 11.5 Å². The average Bonchev–Trinajstić information content (AvgIpc) is 2.67. The zero-order valence-electron chi connectivity index (χ0n) is 8.20. The van der Waals surface area contributed by atoms with Gasteiger partial charge in [0.15, 0.2) is 5.82 Å². The van der Waals surface area contributed by atoms with Crippen molar-refractivity contribution in [3.63, 3.8) is 0 Å². The maximum Gasteiger partial charge on any atom is 0.225 e. The summed E-state index contributed by atoms with van der Waals surface area (Å²) in [5.74, 6) is 0.747. The lowest BCUT2D eigenvalue weighted by atomic mass is 10.3. The maximum absolute atomic E-state index is 5.48. The van der Waals surface area contributed by atoms with E-state index < -0.39 is 0 Å². The Morgan fingerprint density at radius 2 is 1.87 bits per heavy atom. The van der Waals surface area contributed by atoms with Gasteiger partial charge in [0.05, 0.1) is 0 Å². The van der Waals surface area contributed by atoms with Gasteiger partial charge in [-0.3, -0.25) is 4.68 Å². The highest BCUT2D eigenvalue weighted by atomic mass is 15.3. The zero-order chi connectivity index (χ0) is 10.8. The molecule has 2 aromatic heterocycles. The minimum Gasteiger partial charge on any atom is -0.368 e. The summed E-state index contributed by atoms with van der Waals surface area (Å²) in [5.41, 5.74) is 11.0. The molecule has 0 saturated carbocycles. The van der Waals surface area contributed by atoms with Crippen LogP contribution in [0.5, 0.6) is 0 Å². The molecule has 2 heterocycles. The molecule has 0 aliphatic rings. The van der Waals surface area contributed by atoms with Crippen molar-refractivity contribution < 1.29 is 0 Å². The molecule has 0 saturated heterocycles. The van der Waals surface area contributed by atoms with E-state index in [0.717, 1.165) is 0 Å². The molecule has 0 amide bonds. The lowest BCUT2D eigenvalue weighted by molar-refractivity contribution is 0.536. The molecule has 0 fully saturated rings. The van der Waals surface area contributed by atoms with Crippen LogP contribution in [-0.2, 0) is 0 Å². The fraction of sp³-hybridized carbons (Fsp3) is 0.250. The van der Waals surface area contributed by atoms with Crippen molar-refractivity contribution >= 4 is 11.9 Å². The molecule has 0 aliphatic carbocycles. The summed E-state index contributed by atoms with van der Waals surface area (Å²) in [5, 5.41) is 4.09. The topological polar surface area (TPSA) is 109 Å². The van der Waals surface area contributed by atoms with Gasteiger partial charge >= 0.3 is 0 Å². The van der Waals surface area contributed by atoms with Crippen LogP contribution in [0.3, 0.4) is 0 Å². The molecule has 78 valence electrons. The molecular weight excluding hydrogens is 194 g/mol. The summed E-state index contributed by atoms with van der Waals surface area (Å²) in [4.78, 5) is 11.7. The Labute approximate surface area is 86.2 Å². The van der Waals surface area contributed by atoms with Gasteiger partial charge in [0.25, 0.3) is 0 Å². The molecule has 0 aromatic carbocycles. The van der Waals surface area contributed by atoms with Gasteiger partial charge in [0.2, 0.25) is 11.9 Å². The maximum atomic E-state index is 5.48. The number of hydrogen-bond donors (Lipinski definition) is 2. The van der Waals surface area contributed by atoms with Crippen LogP contribution in [0, 0.1) is 0 Å². The molecule has 2 rings (SSSR count). The Morgan fingerprint density at radius 3 is 2.40 bits per heavy atom. The van der Waals surface area contributed by atoms with Gasteiger partial charge in [-0.25, -0.2) is 0 Å². The normalized spacial score (nSPS) is 12.6. The van der Waals surface area contributed by atoms with Gasteiger partial charge in [-0.15, -0.1) is 0 Å². The Morgan fingerprint density at radius 1 is 1.20 bits per heavy atom. The highest BCUT2D eigenvalue weighted by Crippen LogP contribution is 2.13. The van der Waals surface area contributed by atoms with Gasteiger partial charge in [-0.2, -0.15) is 20.1 Å². The molecule has 4 N–H and O–H groups in total. The second-order valence-corrected chi connectivity index (χ2v) is 3.07. The third kappa shape index (κ3) is 1.85. The van der Waals surface area contributed by atoms with Crippen LogP contribution in [0.15, 0.2) is 18.5 Å². The van der Waals surface area contributed by atoms with Gasteiger partial charge in [0, 0.05) is 12.4 Å². The standard InChI is InChI=1S/C8H11N7/c1-5(15-4-2-3-11-15)6-12-7(9)14-8(10)13-6/h2-5H,1H3,(H4,9,10,12,13,14). The summed E-state index contributed by atoms with van der Waals surface area (Å²) in [6.07, 6.45) is 3.51. The van der Waals surface area contributed by atoms with Crippen LogP contribution in [0.1, 0.15) is 18.8 Å². The monoisotopic (exact) mass is 205 g/mol. The smallest absolute Gasteiger partial charge is 0.225 e. The fourth-order valence-corrected chi connectivity index (χ4v) is 1.24. The molecule has 7 nitrogen and oxygen atoms in total. The number of hydrogen-bond acceptors (Lipinski definition) is 6. The Balaban J connectivity index is 2.37. The third-order valence-corrected chi connectivity index (χ3v) is 1.98. The van der Waals surface area contributed by atoms with Gasteiger partial charge in [-0.05, 0) is 13.0 Å². The summed E-state index contributed by atoms with van der Waals surface area (Å²) in [6.45, 7) is 1.90. The largest absolute Gasteiger partial charge is 0.368 e. The van der Waals surface area contributed by atoms with Gasteiger partial charge in [0.1, 0.15) is 6.04 Å². The van der Waals surface area contributed by atoms with Crippen molar-refractivity contribution in [2.75, 3.05) is 11.5 Å². The number of rotatable bonds is 2. The Bertz CT molecular complexity index is 430. The predicted octanol–water partition coefficient (Wildman–Crippen LogP) is -0.158. The van der Waals surface area contributed by atoms with E-state index in [0.29, 0.717) is 5.82 Å². The Hall–Kier alpha value is -2.18. The van der Waals surface area contributed by atoms with E-state index in [2.05, 4.69) is 20.1 Å². The minimum atomic E-state index is -0.118. The second kappa shape index (κ2) is 3.52. The first-order valence-electron chi connectivity index (χ1n) is 4.43. The van der Waals surface area contributed by atoms with Crippen LogP contribution in [0.25, 0.3) is 0 Å². The summed E-state index contributed by atoms with van der Waals surface area (Å²) in [7, 11) is 0. The summed E-state index contributed by atoms with van der Waals surface area (Å²) < 4.78 is 1.72. The molecule has 7 heteroatoms. The van der Waals surface area contributed by atoms with Crippen LogP contribution >= 0.6 is 0 Å². The second-order valence-electron chi connectivity index (χ2n) is 3.07. The number of nitrogen functional groups attached to an aromatic ring is 2. The van der Waals surface area contributed by atoms with Crippen molar-refractivity contribution in [1.82, 2.24) is 24.7 Å². The first-order valence-corrected chi connectivity index (χ1v) is 4.43. The van der Waals surface area contributed by atoms with E-state index in [1.54, 1.807) is 10.9 Å². The SMILES string of the molecule is CC(c1nc(N)nc(N)n1)n1cccn1. The predicted molar refractivity (Wildman–Crippen MR) is 54.7 cm³/mol.